The van der Waals surface area contributed by atoms with Crippen LogP contribution in [0.15, 0.2) is 85.2 Å². The second kappa shape index (κ2) is 13.0. The summed E-state index contributed by atoms with van der Waals surface area (Å²) in [6, 6.07) is 23.3. The number of H-pyrrole nitrogens is 1. The van der Waals surface area contributed by atoms with Gasteiger partial charge in [-0.15, -0.1) is 5.10 Å². The number of aromatic nitrogens is 4. The Labute approximate surface area is 286 Å². The molecule has 1 spiro atoms. The Balaban J connectivity index is 1.22. The number of ether oxygens (including phenoxy) is 1. The number of benzene rings is 3. The monoisotopic (exact) mass is 678 g/mol. The number of para-hydroxylation sites is 1. The molecule has 0 bridgehead atoms. The predicted octanol–water partition coefficient (Wildman–Crippen LogP) is 4.91. The molecule has 0 radical (unpaired) electrons. The van der Waals surface area contributed by atoms with Crippen LogP contribution in [-0.2, 0) is 45.9 Å². The molecule has 0 aliphatic carbocycles. The van der Waals surface area contributed by atoms with Gasteiger partial charge in [0.2, 0.25) is 5.91 Å². The number of hydrogen-bond donors (Lipinski definition) is 4. The molecule has 3 aromatic carbocycles. The van der Waals surface area contributed by atoms with Gasteiger partial charge in [0, 0.05) is 65.6 Å². The molecule has 2 aliphatic heterocycles. The number of aliphatic hydroxyl groups is 1. The van der Waals surface area contributed by atoms with E-state index in [-0.39, 0.29) is 36.3 Å². The van der Waals surface area contributed by atoms with Gasteiger partial charge in [0.1, 0.15) is 0 Å². The van der Waals surface area contributed by atoms with Crippen molar-refractivity contribution in [3.05, 3.63) is 108 Å². The molecule has 1 fully saturated rings. The lowest BCUT2D eigenvalue weighted by Gasteiger charge is -2.32. The zero-order chi connectivity index (χ0) is 34.3. The van der Waals surface area contributed by atoms with Crippen molar-refractivity contribution in [2.75, 3.05) is 16.8 Å². The molecular formula is C37H42N6O5Si. The lowest BCUT2D eigenvalue weighted by atomic mass is 9.82. The van der Waals surface area contributed by atoms with Gasteiger partial charge in [-0.3, -0.25) is 14.3 Å². The van der Waals surface area contributed by atoms with Crippen LogP contribution in [0.1, 0.15) is 35.7 Å². The summed E-state index contributed by atoms with van der Waals surface area (Å²) in [5.41, 5.74) is 3.95. The van der Waals surface area contributed by atoms with Gasteiger partial charge in [-0.1, -0.05) is 60.7 Å². The van der Waals surface area contributed by atoms with Gasteiger partial charge >= 0.3 is 0 Å². The number of nitrogens with one attached hydrogen (secondary N) is 2. The summed E-state index contributed by atoms with van der Waals surface area (Å²) >= 11 is 0. The van der Waals surface area contributed by atoms with Gasteiger partial charge in [0.25, 0.3) is 5.91 Å². The van der Waals surface area contributed by atoms with Crippen LogP contribution in [0.25, 0.3) is 10.9 Å². The lowest BCUT2D eigenvalue weighted by Crippen LogP contribution is -2.46. The van der Waals surface area contributed by atoms with Gasteiger partial charge in [-0.25, -0.2) is 0 Å². The molecule has 49 heavy (non-hydrogen) atoms. The number of rotatable bonds is 11. The average molecular weight is 679 g/mol. The molecular weight excluding hydrogens is 637 g/mol. The second-order valence-corrected chi connectivity index (χ2v) is 17.8. The number of fused-ring (bicyclic) bond motifs is 3. The number of aromatic amines is 1. The van der Waals surface area contributed by atoms with Crippen LogP contribution in [0, 0.1) is 5.92 Å². The van der Waals surface area contributed by atoms with Gasteiger partial charge in [-0.2, -0.15) is 0 Å². The van der Waals surface area contributed by atoms with Crippen molar-refractivity contribution < 1.29 is 24.2 Å². The van der Waals surface area contributed by atoms with Crippen molar-refractivity contribution >= 4 is 42.4 Å². The Kier molecular flexibility index (Phi) is 8.74. The van der Waals surface area contributed by atoms with E-state index in [2.05, 4.69) is 20.6 Å². The summed E-state index contributed by atoms with van der Waals surface area (Å²) in [6.45, 7) is 6.65. The summed E-state index contributed by atoms with van der Waals surface area (Å²) in [5, 5.41) is 21.7. The third-order valence-electron chi connectivity index (χ3n) is 10.1. The smallest absolute Gasteiger partial charge is 0.264 e. The van der Waals surface area contributed by atoms with Crippen LogP contribution < -0.4 is 10.2 Å². The standard InChI is InChI=1S/C37H42N6O5Si/c1-24-35(49(2,3)47)33(15-17-42-23-28(16-18-44)40-41-42)48-37(24)30-20-27(39-34(45)19-26-21-38-31-12-8-7-11-29(26)31)13-14-32(30)43(36(37)46)22-25-9-5-4-6-10-25/h4-14,20-21,23-24,33,35,38,44,47H,15-19,22H2,1-3H3,(H,39,45)/t24-,33+,35-,37+/m0/s1. The minimum Gasteiger partial charge on any atom is -0.432 e. The maximum atomic E-state index is 14.8. The number of hydrogen-bond acceptors (Lipinski definition) is 7. The fourth-order valence-corrected chi connectivity index (χ4v) is 10.5. The minimum absolute atomic E-state index is 0.0106. The molecule has 0 saturated carbocycles. The highest BCUT2D eigenvalue weighted by Gasteiger charge is 2.66. The van der Waals surface area contributed by atoms with E-state index < -0.39 is 20.0 Å². The normalized spacial score (nSPS) is 21.9. The van der Waals surface area contributed by atoms with Gasteiger partial charge in [0.15, 0.2) is 13.9 Å². The first-order valence-electron chi connectivity index (χ1n) is 16.8. The molecule has 4 N–H and O–H groups in total. The van der Waals surface area contributed by atoms with E-state index in [1.165, 1.54) is 0 Å². The first-order valence-corrected chi connectivity index (χ1v) is 19.9. The Morgan fingerprint density at radius 1 is 1.10 bits per heavy atom. The molecule has 4 heterocycles. The first kappa shape index (κ1) is 32.9. The van der Waals surface area contributed by atoms with E-state index in [4.69, 9.17) is 4.74 Å². The average Bonchev–Trinajstić information content (AvgIpc) is 3.83. The molecule has 7 rings (SSSR count). The van der Waals surface area contributed by atoms with E-state index in [0.717, 1.165) is 27.7 Å². The quantitative estimate of drug-likeness (QED) is 0.145. The molecule has 12 heteroatoms. The zero-order valence-corrected chi connectivity index (χ0v) is 29.0. The molecule has 2 aromatic heterocycles. The fraction of sp³-hybridized carbons (Fsp3) is 0.351. The highest BCUT2D eigenvalue weighted by atomic mass is 28.4. The van der Waals surface area contributed by atoms with Crippen molar-refractivity contribution in [3.8, 4) is 0 Å². The lowest BCUT2D eigenvalue weighted by molar-refractivity contribution is -0.146. The summed E-state index contributed by atoms with van der Waals surface area (Å²) in [4.78, 5) is 44.9. The van der Waals surface area contributed by atoms with E-state index in [1.54, 1.807) is 9.58 Å². The van der Waals surface area contributed by atoms with Crippen LogP contribution in [0.5, 0.6) is 0 Å². The summed E-state index contributed by atoms with van der Waals surface area (Å²) in [5.74, 6) is -0.690. The number of aliphatic hydroxyl groups excluding tert-OH is 1. The SMILES string of the molecule is C[C@H]1[C@H]([Si](C)(C)O)[C@@H](CCn2cc(CCO)nn2)O[C@]12C(=O)N(Cc1ccccc1)c1ccc(NC(=O)Cc3c[nH]c4ccccc34)cc12. The van der Waals surface area contributed by atoms with Crippen molar-refractivity contribution in [1.82, 2.24) is 20.0 Å². The van der Waals surface area contributed by atoms with Crippen molar-refractivity contribution in [1.29, 1.82) is 0 Å². The van der Waals surface area contributed by atoms with E-state index in [9.17, 15) is 19.5 Å². The molecule has 4 atom stereocenters. The third kappa shape index (κ3) is 6.10. The molecule has 2 aliphatic rings. The van der Waals surface area contributed by atoms with E-state index in [0.29, 0.717) is 42.9 Å². The Morgan fingerprint density at radius 3 is 2.65 bits per heavy atom. The van der Waals surface area contributed by atoms with Gasteiger partial charge < -0.3 is 29.8 Å². The van der Waals surface area contributed by atoms with Crippen LogP contribution in [-0.4, -0.2) is 62.7 Å². The number of amides is 2. The molecule has 254 valence electrons. The molecule has 0 unspecified atom stereocenters. The van der Waals surface area contributed by atoms with Gasteiger partial charge in [-0.05, 0) is 54.9 Å². The Bertz CT molecular complexity index is 1990. The van der Waals surface area contributed by atoms with Crippen LogP contribution in [0.3, 0.4) is 0 Å². The third-order valence-corrected chi connectivity index (χ3v) is 12.6. The maximum absolute atomic E-state index is 14.8. The molecule has 5 aromatic rings. The first-order chi connectivity index (χ1) is 23.6. The number of aryl methyl sites for hydroxylation is 1. The fourth-order valence-electron chi connectivity index (χ4n) is 7.94. The number of nitrogens with zero attached hydrogens (tertiary/aromatic N) is 4. The van der Waals surface area contributed by atoms with Crippen LogP contribution in [0.4, 0.5) is 11.4 Å². The number of carbonyl (C=O) groups excluding carboxylic acids is 2. The van der Waals surface area contributed by atoms with E-state index >= 15 is 0 Å². The minimum atomic E-state index is -2.88. The van der Waals surface area contributed by atoms with Crippen molar-refractivity contribution in [3.63, 3.8) is 0 Å². The Morgan fingerprint density at radius 2 is 1.88 bits per heavy atom. The second-order valence-electron chi connectivity index (χ2n) is 13.8. The predicted molar refractivity (Wildman–Crippen MR) is 189 cm³/mol. The van der Waals surface area contributed by atoms with Crippen LogP contribution >= 0.6 is 0 Å². The largest absolute Gasteiger partial charge is 0.432 e. The topological polar surface area (TPSA) is 146 Å². The molecule has 11 nitrogen and oxygen atoms in total. The number of anilines is 2. The Hall–Kier alpha value is -4.62. The van der Waals surface area contributed by atoms with Crippen molar-refractivity contribution in [2.45, 2.75) is 69.6 Å². The highest BCUT2D eigenvalue weighted by Crippen LogP contribution is 2.60. The van der Waals surface area contributed by atoms with Crippen LogP contribution in [0.2, 0.25) is 18.6 Å². The number of carbonyl (C=O) groups is 2. The highest BCUT2D eigenvalue weighted by molar-refractivity contribution is 6.71. The summed E-state index contributed by atoms with van der Waals surface area (Å²) in [6.07, 6.45) is 4.36. The zero-order valence-electron chi connectivity index (χ0n) is 28.0. The van der Waals surface area contributed by atoms with Crippen molar-refractivity contribution in [2.24, 2.45) is 5.92 Å². The molecule has 1 saturated heterocycles. The summed E-state index contributed by atoms with van der Waals surface area (Å²) < 4.78 is 8.73. The maximum Gasteiger partial charge on any atom is 0.264 e. The van der Waals surface area contributed by atoms with E-state index in [1.807, 2.05) is 105 Å². The molecule has 2 amide bonds. The van der Waals surface area contributed by atoms with Gasteiger partial charge in [0.05, 0.1) is 30.5 Å². The summed E-state index contributed by atoms with van der Waals surface area (Å²) in [7, 11) is -2.88.